The Morgan fingerprint density at radius 1 is 0.356 bits per heavy atom. The number of ether oxygens (including phenoxy) is 3. The average Bonchev–Trinajstić information content (AvgIpc) is 3.23. The molecule has 0 saturated carbocycles. The van der Waals surface area contributed by atoms with Gasteiger partial charge in [0.1, 0.15) is 13.2 Å². The van der Waals surface area contributed by atoms with Crippen LogP contribution in [0.1, 0.15) is 239 Å². The van der Waals surface area contributed by atoms with E-state index >= 15 is 0 Å². The third kappa shape index (κ3) is 46.0. The number of rotatable bonds is 44. The normalized spacial score (nSPS) is 12.5. The molecule has 6 nitrogen and oxygen atoms in total. The first-order chi connectivity index (χ1) is 29.0. The van der Waals surface area contributed by atoms with Crippen molar-refractivity contribution in [2.45, 2.75) is 245 Å². The molecule has 0 saturated heterocycles. The van der Waals surface area contributed by atoms with Crippen LogP contribution in [0.15, 0.2) is 60.8 Å². The summed E-state index contributed by atoms with van der Waals surface area (Å²) in [5, 5.41) is 0. The lowest BCUT2D eigenvalue weighted by Gasteiger charge is -2.18. The fourth-order valence-electron chi connectivity index (χ4n) is 6.78. The van der Waals surface area contributed by atoms with Crippen LogP contribution in [-0.4, -0.2) is 37.2 Å². The van der Waals surface area contributed by atoms with E-state index in [1.54, 1.807) is 0 Å². The van der Waals surface area contributed by atoms with Crippen molar-refractivity contribution in [2.24, 2.45) is 0 Å². The predicted octanol–water partition coefficient (Wildman–Crippen LogP) is 16.1. The molecule has 0 spiro atoms. The van der Waals surface area contributed by atoms with Crippen molar-refractivity contribution in [3.63, 3.8) is 0 Å². The van der Waals surface area contributed by atoms with E-state index in [0.717, 1.165) is 77.0 Å². The van der Waals surface area contributed by atoms with Gasteiger partial charge in [0.25, 0.3) is 0 Å². The van der Waals surface area contributed by atoms with E-state index in [-0.39, 0.29) is 37.5 Å². The number of unbranched alkanes of at least 4 members (excludes halogenated alkanes) is 23. The minimum Gasteiger partial charge on any atom is -0.462 e. The van der Waals surface area contributed by atoms with Crippen LogP contribution in [0.2, 0.25) is 0 Å². The first-order valence-electron chi connectivity index (χ1n) is 24.8. The first kappa shape index (κ1) is 56.1. The summed E-state index contributed by atoms with van der Waals surface area (Å²) in [6.45, 7) is 6.46. The minimum atomic E-state index is -0.793. The maximum absolute atomic E-state index is 12.7. The highest BCUT2D eigenvalue weighted by atomic mass is 16.6. The Morgan fingerprint density at radius 3 is 1.08 bits per heavy atom. The van der Waals surface area contributed by atoms with Crippen molar-refractivity contribution in [1.29, 1.82) is 0 Å². The SMILES string of the molecule is CC/C=C\C/C=C\C/C=C\C/C=C\CCCCC(=O)OC(COC(=O)CCCCCCCCC/C=C\CCCCCCCC)COC(=O)CCCCCCCCCCC. The second kappa shape index (κ2) is 47.8. The van der Waals surface area contributed by atoms with E-state index in [2.05, 4.69) is 81.5 Å². The summed E-state index contributed by atoms with van der Waals surface area (Å²) in [6, 6.07) is 0. The lowest BCUT2D eigenvalue weighted by atomic mass is 10.1. The second-order valence-electron chi connectivity index (χ2n) is 16.3. The topological polar surface area (TPSA) is 78.9 Å². The number of hydrogen-bond donors (Lipinski definition) is 0. The van der Waals surface area contributed by atoms with Crippen LogP contribution in [0, 0.1) is 0 Å². The van der Waals surface area contributed by atoms with Crippen molar-refractivity contribution in [1.82, 2.24) is 0 Å². The Bertz CT molecular complexity index is 1090. The molecule has 0 bridgehead atoms. The van der Waals surface area contributed by atoms with Crippen molar-refractivity contribution in [2.75, 3.05) is 13.2 Å². The van der Waals surface area contributed by atoms with Gasteiger partial charge in [-0.15, -0.1) is 0 Å². The molecular weight excluding hydrogens is 733 g/mol. The monoisotopic (exact) mass is 825 g/mol. The van der Waals surface area contributed by atoms with Crippen molar-refractivity contribution >= 4 is 17.9 Å². The van der Waals surface area contributed by atoms with Crippen LogP contribution in [0.25, 0.3) is 0 Å². The Morgan fingerprint density at radius 2 is 0.661 bits per heavy atom. The maximum Gasteiger partial charge on any atom is 0.306 e. The van der Waals surface area contributed by atoms with Gasteiger partial charge in [0, 0.05) is 19.3 Å². The summed E-state index contributed by atoms with van der Waals surface area (Å²) in [7, 11) is 0. The molecule has 0 fully saturated rings. The molecule has 59 heavy (non-hydrogen) atoms. The summed E-state index contributed by atoms with van der Waals surface area (Å²) < 4.78 is 16.7. The molecule has 0 aromatic rings. The van der Waals surface area contributed by atoms with Crippen molar-refractivity contribution in [3.8, 4) is 0 Å². The molecule has 0 aliphatic heterocycles. The molecule has 0 aromatic heterocycles. The third-order valence-electron chi connectivity index (χ3n) is 10.5. The Labute approximate surface area is 364 Å². The lowest BCUT2D eigenvalue weighted by Crippen LogP contribution is -2.30. The highest BCUT2D eigenvalue weighted by molar-refractivity contribution is 5.71. The van der Waals surface area contributed by atoms with Crippen LogP contribution >= 0.6 is 0 Å². The number of carbonyl (C=O) groups excluding carboxylic acids is 3. The van der Waals surface area contributed by atoms with Gasteiger partial charge in [-0.25, -0.2) is 0 Å². The zero-order chi connectivity index (χ0) is 43.0. The van der Waals surface area contributed by atoms with Gasteiger partial charge in [-0.2, -0.15) is 0 Å². The van der Waals surface area contributed by atoms with Gasteiger partial charge < -0.3 is 14.2 Å². The van der Waals surface area contributed by atoms with Gasteiger partial charge in [0.05, 0.1) is 0 Å². The van der Waals surface area contributed by atoms with E-state index in [1.807, 2.05) is 0 Å². The largest absolute Gasteiger partial charge is 0.462 e. The van der Waals surface area contributed by atoms with E-state index in [0.29, 0.717) is 19.3 Å². The molecule has 0 heterocycles. The van der Waals surface area contributed by atoms with Crippen molar-refractivity contribution in [3.05, 3.63) is 60.8 Å². The van der Waals surface area contributed by atoms with Crippen LogP contribution < -0.4 is 0 Å². The summed E-state index contributed by atoms with van der Waals surface area (Å²) in [5.74, 6) is -0.939. The van der Waals surface area contributed by atoms with Gasteiger partial charge in [-0.05, 0) is 83.5 Å². The van der Waals surface area contributed by atoms with Crippen molar-refractivity contribution < 1.29 is 28.6 Å². The zero-order valence-corrected chi connectivity index (χ0v) is 38.8. The fourth-order valence-corrected chi connectivity index (χ4v) is 6.78. The highest BCUT2D eigenvalue weighted by Gasteiger charge is 2.19. The van der Waals surface area contributed by atoms with E-state index in [1.165, 1.54) is 116 Å². The van der Waals surface area contributed by atoms with Crippen LogP contribution in [0.3, 0.4) is 0 Å². The van der Waals surface area contributed by atoms with E-state index in [4.69, 9.17) is 14.2 Å². The van der Waals surface area contributed by atoms with E-state index < -0.39 is 6.10 Å². The van der Waals surface area contributed by atoms with Crippen LogP contribution in [0.5, 0.6) is 0 Å². The minimum absolute atomic E-state index is 0.0911. The average molecular weight is 825 g/mol. The molecular formula is C53H92O6. The molecule has 0 amide bonds. The van der Waals surface area contributed by atoms with Gasteiger partial charge in [0.2, 0.25) is 0 Å². The molecule has 0 rings (SSSR count). The van der Waals surface area contributed by atoms with E-state index in [9.17, 15) is 14.4 Å². The molecule has 6 heteroatoms. The number of hydrogen-bond acceptors (Lipinski definition) is 6. The third-order valence-corrected chi connectivity index (χ3v) is 10.5. The van der Waals surface area contributed by atoms with Gasteiger partial charge >= 0.3 is 17.9 Å². The molecule has 1 atom stereocenters. The predicted molar refractivity (Wildman–Crippen MR) is 251 cm³/mol. The summed E-state index contributed by atoms with van der Waals surface area (Å²) in [4.78, 5) is 37.8. The molecule has 0 N–H and O–H groups in total. The van der Waals surface area contributed by atoms with Gasteiger partial charge in [-0.1, -0.05) is 197 Å². The smallest absolute Gasteiger partial charge is 0.306 e. The Balaban J connectivity index is 4.39. The highest BCUT2D eigenvalue weighted by Crippen LogP contribution is 2.14. The number of carbonyl (C=O) groups is 3. The quantitative estimate of drug-likeness (QED) is 0.0263. The zero-order valence-electron chi connectivity index (χ0n) is 38.8. The summed E-state index contributed by atoms with van der Waals surface area (Å²) in [6.07, 6.45) is 57.8. The Hall–Kier alpha value is -2.89. The summed E-state index contributed by atoms with van der Waals surface area (Å²) in [5.41, 5.74) is 0. The molecule has 0 aromatic carbocycles. The molecule has 0 aliphatic rings. The maximum atomic E-state index is 12.7. The number of esters is 3. The summed E-state index contributed by atoms with van der Waals surface area (Å²) >= 11 is 0. The lowest BCUT2D eigenvalue weighted by molar-refractivity contribution is -0.167. The molecule has 0 aliphatic carbocycles. The Kier molecular flexibility index (Phi) is 45.4. The van der Waals surface area contributed by atoms with Gasteiger partial charge in [-0.3, -0.25) is 14.4 Å². The first-order valence-corrected chi connectivity index (χ1v) is 24.8. The van der Waals surface area contributed by atoms with Crippen LogP contribution in [-0.2, 0) is 28.6 Å². The number of allylic oxidation sites excluding steroid dienone is 10. The molecule has 0 radical (unpaired) electrons. The fraction of sp³-hybridized carbons (Fsp3) is 0.755. The standard InChI is InChI=1S/C53H92O6/c1-4-7-10-13-16-19-21-23-25-26-28-29-31-34-37-40-43-46-52(55)58-49-50(48-57-51(54)45-42-39-36-33-18-15-12-9-6-3)59-53(56)47-44-41-38-35-32-30-27-24-22-20-17-14-11-8-5-2/h8,11,17,20,23-25,27,32,35,50H,4-7,9-10,12-16,18-19,21-22,26,28-31,33-34,36-49H2,1-3H3/b11-8-,20-17-,25-23-,27-24-,35-32-. The molecule has 1 unspecified atom stereocenters. The molecule has 340 valence electrons. The van der Waals surface area contributed by atoms with Crippen LogP contribution in [0.4, 0.5) is 0 Å². The van der Waals surface area contributed by atoms with Gasteiger partial charge in [0.15, 0.2) is 6.10 Å². The second-order valence-corrected chi connectivity index (χ2v) is 16.3.